The third-order valence-electron chi connectivity index (χ3n) is 4.95. The number of hydrogen-bond donors (Lipinski definition) is 0. The molecule has 1 spiro atoms. The van der Waals surface area contributed by atoms with Crippen molar-refractivity contribution in [2.24, 2.45) is 5.41 Å². The van der Waals surface area contributed by atoms with E-state index in [4.69, 9.17) is 0 Å². The Morgan fingerprint density at radius 3 is 2.43 bits per heavy atom. The summed E-state index contributed by atoms with van der Waals surface area (Å²) in [5, 5.41) is 0. The predicted octanol–water partition coefficient (Wildman–Crippen LogP) is 3.47. The van der Waals surface area contributed by atoms with Gasteiger partial charge in [-0.25, -0.2) is 0 Å². The van der Waals surface area contributed by atoms with Crippen molar-refractivity contribution in [1.82, 2.24) is 0 Å². The Kier molecular flexibility index (Phi) is 2.33. The standard InChI is InChI=1S/C19H16O2/c1-11-6-7-15-14(8-11)10-19(17(15)20)9-13-5-3-4-12(2)16(13)18(19)21/h3-8H,9-10H2,1-2H3/t19-/m1/s1. The van der Waals surface area contributed by atoms with Gasteiger partial charge in [-0.2, -0.15) is 0 Å². The Hall–Kier alpha value is -2.22. The van der Waals surface area contributed by atoms with E-state index in [-0.39, 0.29) is 11.6 Å². The molecule has 0 bridgehead atoms. The molecule has 0 saturated heterocycles. The molecule has 4 rings (SSSR count). The average molecular weight is 276 g/mol. The van der Waals surface area contributed by atoms with Crippen LogP contribution in [-0.4, -0.2) is 11.6 Å². The zero-order chi connectivity index (χ0) is 14.8. The van der Waals surface area contributed by atoms with Gasteiger partial charge in [0.2, 0.25) is 0 Å². The zero-order valence-electron chi connectivity index (χ0n) is 12.2. The molecule has 0 aromatic heterocycles. The van der Waals surface area contributed by atoms with Crippen LogP contribution < -0.4 is 0 Å². The van der Waals surface area contributed by atoms with E-state index in [9.17, 15) is 9.59 Å². The fourth-order valence-corrected chi connectivity index (χ4v) is 3.93. The van der Waals surface area contributed by atoms with E-state index in [1.165, 1.54) is 0 Å². The first-order chi connectivity index (χ1) is 10.0. The largest absolute Gasteiger partial charge is 0.293 e. The SMILES string of the molecule is Cc1ccc2c(c1)C[C@]1(Cc3cccc(C)c3C1=O)C2=O. The molecular weight excluding hydrogens is 260 g/mol. The van der Waals surface area contributed by atoms with Gasteiger partial charge < -0.3 is 0 Å². The molecule has 2 nitrogen and oxygen atoms in total. The Morgan fingerprint density at radius 1 is 0.905 bits per heavy atom. The summed E-state index contributed by atoms with van der Waals surface area (Å²) in [7, 11) is 0. The van der Waals surface area contributed by atoms with Gasteiger partial charge in [0, 0.05) is 11.1 Å². The molecule has 0 heterocycles. The molecular formula is C19H16O2. The molecule has 104 valence electrons. The minimum absolute atomic E-state index is 0.0121. The topological polar surface area (TPSA) is 34.1 Å². The Balaban J connectivity index is 1.88. The second-order valence-corrected chi connectivity index (χ2v) is 6.36. The van der Waals surface area contributed by atoms with Gasteiger partial charge in [-0.3, -0.25) is 9.59 Å². The summed E-state index contributed by atoms with van der Waals surface area (Å²) in [6.07, 6.45) is 1.10. The van der Waals surface area contributed by atoms with Crippen LogP contribution in [0.4, 0.5) is 0 Å². The van der Waals surface area contributed by atoms with Crippen LogP contribution in [-0.2, 0) is 12.8 Å². The fourth-order valence-electron chi connectivity index (χ4n) is 3.93. The maximum absolute atomic E-state index is 13.0. The van der Waals surface area contributed by atoms with E-state index in [2.05, 4.69) is 0 Å². The maximum Gasteiger partial charge on any atom is 0.177 e. The lowest BCUT2D eigenvalue weighted by Crippen LogP contribution is -2.34. The molecule has 0 saturated carbocycles. The molecule has 0 amide bonds. The molecule has 2 aromatic rings. The smallest absolute Gasteiger partial charge is 0.177 e. The fraction of sp³-hybridized carbons (Fsp3) is 0.263. The van der Waals surface area contributed by atoms with Crippen LogP contribution in [0.5, 0.6) is 0 Å². The van der Waals surface area contributed by atoms with E-state index in [1.807, 2.05) is 50.2 Å². The molecule has 21 heavy (non-hydrogen) atoms. The van der Waals surface area contributed by atoms with Gasteiger partial charge in [0.1, 0.15) is 5.41 Å². The molecule has 2 heteroatoms. The maximum atomic E-state index is 13.0. The third kappa shape index (κ3) is 1.48. The number of carbonyl (C=O) groups is 2. The number of rotatable bonds is 0. The van der Waals surface area contributed by atoms with Crippen LogP contribution in [0.2, 0.25) is 0 Å². The summed E-state index contributed by atoms with van der Waals surface area (Å²) < 4.78 is 0. The van der Waals surface area contributed by atoms with Crippen LogP contribution in [0, 0.1) is 19.3 Å². The van der Waals surface area contributed by atoms with E-state index in [1.54, 1.807) is 0 Å². The number of aryl methyl sites for hydroxylation is 2. The van der Waals surface area contributed by atoms with E-state index >= 15 is 0 Å². The van der Waals surface area contributed by atoms with Gasteiger partial charge in [-0.05, 0) is 43.4 Å². The number of Topliss-reactive ketones (excluding diaryl/α,β-unsaturated/α-hetero) is 2. The van der Waals surface area contributed by atoms with Gasteiger partial charge in [-0.1, -0.05) is 42.0 Å². The second-order valence-electron chi connectivity index (χ2n) is 6.36. The van der Waals surface area contributed by atoms with Crippen LogP contribution in [0.1, 0.15) is 43.0 Å². The van der Waals surface area contributed by atoms with Crippen LogP contribution >= 0.6 is 0 Å². The summed E-state index contributed by atoms with van der Waals surface area (Å²) in [5.41, 5.74) is 4.81. The van der Waals surface area contributed by atoms with Gasteiger partial charge in [0.15, 0.2) is 11.6 Å². The van der Waals surface area contributed by atoms with Crippen LogP contribution in [0.15, 0.2) is 36.4 Å². The number of ketones is 2. The first kappa shape index (κ1) is 12.5. The van der Waals surface area contributed by atoms with Crippen molar-refractivity contribution in [1.29, 1.82) is 0 Å². The summed E-state index contributed by atoms with van der Waals surface area (Å²) in [4.78, 5) is 25.9. The van der Waals surface area contributed by atoms with Crippen LogP contribution in [0.25, 0.3) is 0 Å². The summed E-state index contributed by atoms with van der Waals surface area (Å²) >= 11 is 0. The zero-order valence-corrected chi connectivity index (χ0v) is 12.2. The van der Waals surface area contributed by atoms with Gasteiger partial charge in [-0.15, -0.1) is 0 Å². The highest BCUT2D eigenvalue weighted by Gasteiger charge is 2.55. The second kappa shape index (κ2) is 3.91. The number of benzene rings is 2. The average Bonchev–Trinajstić information content (AvgIpc) is 2.88. The first-order valence-corrected chi connectivity index (χ1v) is 7.30. The minimum Gasteiger partial charge on any atom is -0.293 e. The first-order valence-electron chi connectivity index (χ1n) is 7.30. The minimum atomic E-state index is -0.870. The monoisotopic (exact) mass is 276 g/mol. The quantitative estimate of drug-likeness (QED) is 0.690. The van der Waals surface area contributed by atoms with E-state index in [0.29, 0.717) is 12.8 Å². The molecule has 2 aromatic carbocycles. The number of fused-ring (bicyclic) bond motifs is 2. The third-order valence-corrected chi connectivity index (χ3v) is 4.95. The molecule has 0 unspecified atom stereocenters. The highest BCUT2D eigenvalue weighted by Crippen LogP contribution is 2.47. The highest BCUT2D eigenvalue weighted by molar-refractivity contribution is 6.25. The van der Waals surface area contributed by atoms with E-state index < -0.39 is 5.41 Å². The molecule has 0 aliphatic heterocycles. The molecule has 1 atom stereocenters. The van der Waals surface area contributed by atoms with Crippen LogP contribution in [0.3, 0.4) is 0 Å². The van der Waals surface area contributed by atoms with Gasteiger partial charge in [0.05, 0.1) is 0 Å². The lowest BCUT2D eigenvalue weighted by atomic mass is 9.79. The lowest BCUT2D eigenvalue weighted by molar-refractivity contribution is 0.0705. The molecule has 0 N–H and O–H groups in total. The van der Waals surface area contributed by atoms with E-state index in [0.717, 1.165) is 33.4 Å². The number of carbonyl (C=O) groups excluding carboxylic acids is 2. The normalized spacial score (nSPS) is 22.8. The molecule has 2 aliphatic rings. The van der Waals surface area contributed by atoms with Crippen molar-refractivity contribution >= 4 is 11.6 Å². The predicted molar refractivity (Wildman–Crippen MR) is 80.9 cm³/mol. The van der Waals surface area contributed by atoms with Gasteiger partial charge in [0.25, 0.3) is 0 Å². The van der Waals surface area contributed by atoms with Crippen molar-refractivity contribution in [3.05, 3.63) is 69.8 Å². The summed E-state index contributed by atoms with van der Waals surface area (Å²) in [5.74, 6) is 0.0348. The molecule has 0 fully saturated rings. The van der Waals surface area contributed by atoms with Crippen molar-refractivity contribution in [3.63, 3.8) is 0 Å². The van der Waals surface area contributed by atoms with Crippen molar-refractivity contribution in [2.45, 2.75) is 26.7 Å². The summed E-state index contributed by atoms with van der Waals surface area (Å²) in [6, 6.07) is 11.8. The molecule has 0 radical (unpaired) electrons. The number of hydrogen-bond acceptors (Lipinski definition) is 2. The van der Waals surface area contributed by atoms with Crippen molar-refractivity contribution in [3.8, 4) is 0 Å². The lowest BCUT2D eigenvalue weighted by Gasteiger charge is -2.18. The van der Waals surface area contributed by atoms with Crippen molar-refractivity contribution < 1.29 is 9.59 Å². The summed E-state index contributed by atoms with van der Waals surface area (Å²) in [6.45, 7) is 3.97. The molecule has 2 aliphatic carbocycles. The van der Waals surface area contributed by atoms with Gasteiger partial charge >= 0.3 is 0 Å². The highest BCUT2D eigenvalue weighted by atomic mass is 16.2. The Morgan fingerprint density at radius 2 is 1.67 bits per heavy atom. The Bertz CT molecular complexity index is 816. The van der Waals surface area contributed by atoms with Crippen molar-refractivity contribution in [2.75, 3.05) is 0 Å². The Labute approximate surface area is 123 Å².